The Morgan fingerprint density at radius 1 is 1.36 bits per heavy atom. The third-order valence-electron chi connectivity index (χ3n) is 4.77. The zero-order valence-electron chi connectivity index (χ0n) is 13.6. The molecule has 0 radical (unpaired) electrons. The molecule has 1 amide bonds. The number of imidazole rings is 1. The summed E-state index contributed by atoms with van der Waals surface area (Å²) < 4.78 is 1.80. The average molecular weight is 354 g/mol. The fraction of sp³-hybridized carbons (Fsp3) is 0.412. The molecule has 1 aliphatic heterocycles. The molecule has 1 N–H and O–H groups in total. The monoisotopic (exact) mass is 354 g/mol. The van der Waals surface area contributed by atoms with Crippen LogP contribution >= 0.6 is 11.3 Å². The topological polar surface area (TPSA) is 75.4 Å². The Bertz CT molecular complexity index is 884. The van der Waals surface area contributed by atoms with Crippen molar-refractivity contribution in [3.8, 4) is 11.3 Å². The molecule has 1 aliphatic carbocycles. The maximum absolute atomic E-state index is 12.0. The lowest BCUT2D eigenvalue weighted by atomic mass is 10.1. The Morgan fingerprint density at radius 2 is 2.28 bits per heavy atom. The fourth-order valence-electron chi connectivity index (χ4n) is 3.34. The number of nitrogens with zero attached hydrogens (tertiary/aromatic N) is 5. The largest absolute Gasteiger partial charge is 0.360 e. The third kappa shape index (κ3) is 2.86. The first kappa shape index (κ1) is 14.8. The molecule has 7 nitrogen and oxygen atoms in total. The summed E-state index contributed by atoms with van der Waals surface area (Å²) in [6.07, 6.45) is 8.47. The molecular formula is C17H18N6OS. The molecule has 128 valence electrons. The number of aromatic nitrogens is 4. The standard InChI is InChI=1S/C17H18N6OS/c24-15-6-11(9-22(15)13-3-4-13)7-19-16-21-23-10-14(20-17(23)25-16)12-2-1-5-18-8-12/h1-2,5,8,10-11,13H,3-4,6-7,9H2,(H,19,21). The number of fused-ring (bicyclic) bond motifs is 1. The first-order valence-corrected chi connectivity index (χ1v) is 9.38. The zero-order valence-corrected chi connectivity index (χ0v) is 14.4. The maximum atomic E-state index is 12.0. The van der Waals surface area contributed by atoms with Gasteiger partial charge in [0.05, 0.1) is 11.9 Å². The second-order valence-electron chi connectivity index (χ2n) is 6.73. The minimum absolute atomic E-state index is 0.310. The van der Waals surface area contributed by atoms with Crippen LogP contribution in [0.2, 0.25) is 0 Å². The van der Waals surface area contributed by atoms with Gasteiger partial charge in [0.15, 0.2) is 0 Å². The van der Waals surface area contributed by atoms with Gasteiger partial charge in [0, 0.05) is 49.4 Å². The van der Waals surface area contributed by atoms with E-state index in [-0.39, 0.29) is 0 Å². The van der Waals surface area contributed by atoms with Crippen LogP contribution in [0.1, 0.15) is 19.3 Å². The lowest BCUT2D eigenvalue weighted by Crippen LogP contribution is -2.28. The van der Waals surface area contributed by atoms with Gasteiger partial charge in [-0.25, -0.2) is 9.50 Å². The van der Waals surface area contributed by atoms with Gasteiger partial charge >= 0.3 is 0 Å². The van der Waals surface area contributed by atoms with E-state index in [9.17, 15) is 4.79 Å². The van der Waals surface area contributed by atoms with Gasteiger partial charge in [0.25, 0.3) is 0 Å². The van der Waals surface area contributed by atoms with Crippen molar-refractivity contribution < 1.29 is 4.79 Å². The summed E-state index contributed by atoms with van der Waals surface area (Å²) in [4.78, 5) is 23.7. The smallest absolute Gasteiger partial charge is 0.223 e. The van der Waals surface area contributed by atoms with Gasteiger partial charge < -0.3 is 10.2 Å². The summed E-state index contributed by atoms with van der Waals surface area (Å²) >= 11 is 1.53. The van der Waals surface area contributed by atoms with E-state index < -0.39 is 0 Å². The number of anilines is 1. The second-order valence-corrected chi connectivity index (χ2v) is 7.69. The molecule has 0 spiro atoms. The highest BCUT2D eigenvalue weighted by Gasteiger charge is 2.39. The maximum Gasteiger partial charge on any atom is 0.223 e. The van der Waals surface area contributed by atoms with Crippen molar-refractivity contribution in [3.05, 3.63) is 30.7 Å². The molecule has 25 heavy (non-hydrogen) atoms. The van der Waals surface area contributed by atoms with Crippen LogP contribution < -0.4 is 5.32 Å². The van der Waals surface area contributed by atoms with E-state index in [0.29, 0.717) is 24.3 Å². The van der Waals surface area contributed by atoms with Crippen LogP contribution in [0.25, 0.3) is 16.2 Å². The SMILES string of the molecule is O=C1CC(CNc2nn3cc(-c4cccnc4)nc3s2)CN1C1CC1. The Labute approximate surface area is 148 Å². The van der Waals surface area contributed by atoms with E-state index >= 15 is 0 Å². The van der Waals surface area contributed by atoms with Crippen LogP contribution in [0.3, 0.4) is 0 Å². The summed E-state index contributed by atoms with van der Waals surface area (Å²) in [5.41, 5.74) is 1.86. The van der Waals surface area contributed by atoms with Crippen molar-refractivity contribution in [2.75, 3.05) is 18.4 Å². The summed E-state index contributed by atoms with van der Waals surface area (Å²) in [5, 5.41) is 8.77. The Kier molecular flexibility index (Phi) is 3.44. The van der Waals surface area contributed by atoms with Crippen LogP contribution in [0.15, 0.2) is 30.7 Å². The molecule has 1 unspecified atom stereocenters. The Hall–Kier alpha value is -2.48. The van der Waals surface area contributed by atoms with E-state index in [1.165, 1.54) is 24.2 Å². The lowest BCUT2D eigenvalue weighted by molar-refractivity contribution is -0.128. The van der Waals surface area contributed by atoms with Gasteiger partial charge in [-0.1, -0.05) is 11.3 Å². The van der Waals surface area contributed by atoms with Crippen LogP contribution in [0.5, 0.6) is 0 Å². The van der Waals surface area contributed by atoms with Crippen molar-refractivity contribution in [2.45, 2.75) is 25.3 Å². The molecule has 4 heterocycles. The molecule has 2 aliphatic rings. The Balaban J connectivity index is 1.25. The third-order valence-corrected chi connectivity index (χ3v) is 5.65. The number of likely N-dealkylation sites (tertiary alicyclic amines) is 1. The van der Waals surface area contributed by atoms with Gasteiger partial charge in [-0.3, -0.25) is 9.78 Å². The molecule has 2 fully saturated rings. The molecule has 3 aromatic rings. The number of carbonyl (C=O) groups excluding carboxylic acids is 1. The van der Waals surface area contributed by atoms with Gasteiger partial charge in [-0.2, -0.15) is 0 Å². The highest BCUT2D eigenvalue weighted by Crippen LogP contribution is 2.33. The predicted octanol–water partition coefficient (Wildman–Crippen LogP) is 2.28. The van der Waals surface area contributed by atoms with Crippen LogP contribution in [-0.4, -0.2) is 49.5 Å². The van der Waals surface area contributed by atoms with Crippen molar-refractivity contribution in [2.24, 2.45) is 5.92 Å². The predicted molar refractivity (Wildman–Crippen MR) is 95.4 cm³/mol. The van der Waals surface area contributed by atoms with E-state index in [1.807, 2.05) is 18.3 Å². The molecular weight excluding hydrogens is 336 g/mol. The second kappa shape index (κ2) is 5.80. The fourth-order valence-corrected chi connectivity index (χ4v) is 4.13. The van der Waals surface area contributed by atoms with Gasteiger partial charge in [0.1, 0.15) is 0 Å². The highest BCUT2D eigenvalue weighted by atomic mass is 32.1. The number of nitrogens with one attached hydrogen (secondary N) is 1. The number of amides is 1. The van der Waals surface area contributed by atoms with Gasteiger partial charge in [-0.05, 0) is 25.0 Å². The van der Waals surface area contributed by atoms with Crippen LogP contribution in [-0.2, 0) is 4.79 Å². The van der Waals surface area contributed by atoms with Crippen LogP contribution in [0.4, 0.5) is 5.13 Å². The quantitative estimate of drug-likeness (QED) is 0.761. The summed E-state index contributed by atoms with van der Waals surface area (Å²) in [7, 11) is 0. The number of hydrogen-bond acceptors (Lipinski definition) is 6. The Morgan fingerprint density at radius 3 is 3.04 bits per heavy atom. The molecule has 8 heteroatoms. The summed E-state index contributed by atoms with van der Waals surface area (Å²) in [5.74, 6) is 0.680. The van der Waals surface area contributed by atoms with Gasteiger partial charge in [-0.15, -0.1) is 5.10 Å². The molecule has 0 bridgehead atoms. The van der Waals surface area contributed by atoms with Crippen LogP contribution in [0, 0.1) is 5.92 Å². The first-order valence-electron chi connectivity index (χ1n) is 8.56. The van der Waals surface area contributed by atoms with E-state index in [1.54, 1.807) is 16.9 Å². The minimum atomic E-state index is 0.310. The normalized spacial score (nSPS) is 20.6. The van der Waals surface area contributed by atoms with Crippen molar-refractivity contribution >= 4 is 27.3 Å². The molecule has 1 saturated carbocycles. The van der Waals surface area contributed by atoms with E-state index in [2.05, 4.69) is 25.3 Å². The molecule has 3 aromatic heterocycles. The number of hydrogen-bond donors (Lipinski definition) is 1. The first-order chi connectivity index (χ1) is 12.3. The van der Waals surface area contributed by atoms with E-state index in [4.69, 9.17) is 0 Å². The average Bonchev–Trinajstić information content (AvgIpc) is 3.11. The van der Waals surface area contributed by atoms with E-state index in [0.717, 1.165) is 34.4 Å². The molecule has 5 rings (SSSR count). The van der Waals surface area contributed by atoms with Crippen molar-refractivity contribution in [1.82, 2.24) is 24.5 Å². The summed E-state index contributed by atoms with van der Waals surface area (Å²) in [6, 6.07) is 4.41. The minimum Gasteiger partial charge on any atom is -0.360 e. The van der Waals surface area contributed by atoms with Crippen molar-refractivity contribution in [3.63, 3.8) is 0 Å². The lowest BCUT2D eigenvalue weighted by Gasteiger charge is -2.15. The molecule has 1 saturated heterocycles. The van der Waals surface area contributed by atoms with Crippen molar-refractivity contribution in [1.29, 1.82) is 0 Å². The molecule has 1 atom stereocenters. The summed E-state index contributed by atoms with van der Waals surface area (Å²) in [6.45, 7) is 1.66. The zero-order chi connectivity index (χ0) is 16.8. The van der Waals surface area contributed by atoms with Gasteiger partial charge in [0.2, 0.25) is 16.0 Å². The highest BCUT2D eigenvalue weighted by molar-refractivity contribution is 7.20. The number of pyridine rings is 1. The number of rotatable bonds is 5. The molecule has 0 aromatic carbocycles. The number of carbonyl (C=O) groups is 1.